The third-order valence-electron chi connectivity index (χ3n) is 5.48. The number of nitrogens with zero attached hydrogens (tertiary/aromatic N) is 5. The molecule has 0 saturated carbocycles. The Morgan fingerprint density at radius 3 is 2.17 bits per heavy atom. The van der Waals surface area contributed by atoms with Crippen LogP contribution in [0.15, 0.2) is 53.2 Å². The van der Waals surface area contributed by atoms with Crippen LogP contribution in [-0.2, 0) is 6.18 Å². The minimum absolute atomic E-state index is 0.0740. The molecule has 3 aromatic rings. The largest absolute Gasteiger partial charge is 0.497 e. The molecule has 40 heavy (non-hydrogen) atoms. The van der Waals surface area contributed by atoms with Crippen molar-refractivity contribution in [2.24, 2.45) is 4.99 Å². The Morgan fingerprint density at radius 2 is 1.68 bits per heavy atom. The molecule has 0 fully saturated rings. The van der Waals surface area contributed by atoms with E-state index in [0.29, 0.717) is 34.2 Å². The Hall–Kier alpha value is -4.79. The summed E-state index contributed by atoms with van der Waals surface area (Å²) in [6, 6.07) is 9.65. The number of methoxy groups -OCH3 is 3. The molecule has 0 spiro atoms. The molecule has 1 N–H and O–H groups in total. The molecule has 0 unspecified atom stereocenters. The fourth-order valence-electron chi connectivity index (χ4n) is 3.73. The Labute approximate surface area is 230 Å². The fourth-order valence-corrected chi connectivity index (χ4v) is 3.73. The number of hydrogen-bond acceptors (Lipinski definition) is 7. The molecule has 0 atom stereocenters. The van der Waals surface area contributed by atoms with E-state index in [4.69, 9.17) is 14.2 Å². The zero-order valence-corrected chi connectivity index (χ0v) is 23.1. The van der Waals surface area contributed by atoms with Gasteiger partial charge in [-0.05, 0) is 39.8 Å². The molecule has 2 aromatic heterocycles. The molecule has 3 rings (SSSR count). The van der Waals surface area contributed by atoms with Crippen LogP contribution in [0.5, 0.6) is 17.4 Å². The van der Waals surface area contributed by atoms with Crippen LogP contribution in [-0.4, -0.2) is 41.9 Å². The molecule has 210 valence electrons. The number of aliphatic imine (C=N–C) groups is 1. The van der Waals surface area contributed by atoms with E-state index in [1.807, 2.05) is 19.9 Å². The molecule has 0 bridgehead atoms. The van der Waals surface area contributed by atoms with E-state index in [1.54, 1.807) is 31.2 Å². The number of alkyl halides is 3. The second kappa shape index (κ2) is 12.4. The van der Waals surface area contributed by atoms with Crippen molar-refractivity contribution in [1.29, 1.82) is 5.26 Å². The summed E-state index contributed by atoms with van der Waals surface area (Å²) >= 11 is 0. The van der Waals surface area contributed by atoms with Crippen LogP contribution < -0.4 is 19.5 Å². The Balaban J connectivity index is 2.32. The van der Waals surface area contributed by atoms with Crippen molar-refractivity contribution >= 4 is 22.9 Å². The summed E-state index contributed by atoms with van der Waals surface area (Å²) in [5.41, 5.74) is 1.49. The molecule has 9 nitrogen and oxygen atoms in total. The molecule has 0 radical (unpaired) electrons. The number of halogens is 3. The van der Waals surface area contributed by atoms with Crippen molar-refractivity contribution in [2.75, 3.05) is 26.6 Å². The first-order valence-electron chi connectivity index (χ1n) is 11.9. The average Bonchev–Trinajstić information content (AvgIpc) is 3.31. The molecule has 0 aliphatic rings. The van der Waals surface area contributed by atoms with Crippen LogP contribution in [0.2, 0.25) is 0 Å². The first-order chi connectivity index (χ1) is 18.9. The number of aryl methyl sites for hydroxylation is 1. The highest BCUT2D eigenvalue weighted by molar-refractivity contribution is 6.00. The maximum absolute atomic E-state index is 13.6. The number of anilines is 1. The molecule has 1 aromatic carbocycles. The van der Waals surface area contributed by atoms with Crippen LogP contribution in [0.1, 0.15) is 43.3 Å². The minimum atomic E-state index is -4.67. The first kappa shape index (κ1) is 29.8. The smallest absolute Gasteiger partial charge is 0.435 e. The molecule has 2 heterocycles. The number of hydrogen-bond donors (Lipinski definition) is 1. The van der Waals surface area contributed by atoms with E-state index in [9.17, 15) is 18.4 Å². The lowest BCUT2D eigenvalue weighted by atomic mass is 10.0. The van der Waals surface area contributed by atoms with E-state index in [2.05, 4.69) is 20.4 Å². The number of amidine groups is 1. The number of ether oxygens (including phenoxy) is 3. The number of aromatic nitrogens is 3. The highest BCUT2D eigenvalue weighted by Crippen LogP contribution is 2.33. The monoisotopic (exact) mass is 554 g/mol. The summed E-state index contributed by atoms with van der Waals surface area (Å²) in [5.74, 6) is 1.58. The van der Waals surface area contributed by atoms with Gasteiger partial charge < -0.3 is 19.5 Å². The van der Waals surface area contributed by atoms with Gasteiger partial charge in [0.15, 0.2) is 11.5 Å². The lowest BCUT2D eigenvalue weighted by Gasteiger charge is -2.15. The lowest BCUT2D eigenvalue weighted by Crippen LogP contribution is -2.12. The predicted octanol–water partition coefficient (Wildman–Crippen LogP) is 6.33. The van der Waals surface area contributed by atoms with Gasteiger partial charge in [-0.3, -0.25) is 0 Å². The van der Waals surface area contributed by atoms with Crippen LogP contribution in [0.4, 0.5) is 18.9 Å². The van der Waals surface area contributed by atoms with Gasteiger partial charge in [0.2, 0.25) is 5.88 Å². The second-order valence-electron chi connectivity index (χ2n) is 8.86. The van der Waals surface area contributed by atoms with Crippen LogP contribution in [0.25, 0.3) is 11.4 Å². The summed E-state index contributed by atoms with van der Waals surface area (Å²) in [5, 5.41) is 16.6. The van der Waals surface area contributed by atoms with Crippen molar-refractivity contribution in [1.82, 2.24) is 14.8 Å². The van der Waals surface area contributed by atoms with Crippen molar-refractivity contribution in [3.63, 3.8) is 0 Å². The lowest BCUT2D eigenvalue weighted by molar-refractivity contribution is -0.141. The normalized spacial score (nSPS) is 12.3. The number of benzene rings is 1. The van der Waals surface area contributed by atoms with Gasteiger partial charge in [0.05, 0.1) is 21.3 Å². The predicted molar refractivity (Wildman–Crippen MR) is 146 cm³/mol. The van der Waals surface area contributed by atoms with Gasteiger partial charge in [-0.15, -0.1) is 0 Å². The van der Waals surface area contributed by atoms with E-state index >= 15 is 0 Å². The molecular formula is C28H29F3N6O3. The van der Waals surface area contributed by atoms with Crippen LogP contribution in [0.3, 0.4) is 0 Å². The van der Waals surface area contributed by atoms with Gasteiger partial charge in [0.1, 0.15) is 29.0 Å². The first-order valence-corrected chi connectivity index (χ1v) is 11.9. The van der Waals surface area contributed by atoms with E-state index in [1.165, 1.54) is 40.5 Å². The molecule has 0 aliphatic heterocycles. The maximum Gasteiger partial charge on any atom is 0.435 e. The average molecular weight is 555 g/mol. The topological polar surface area (TPSA) is 107 Å². The third-order valence-corrected chi connectivity index (χ3v) is 5.48. The molecule has 0 saturated heterocycles. The van der Waals surface area contributed by atoms with Gasteiger partial charge in [-0.25, -0.2) is 14.7 Å². The van der Waals surface area contributed by atoms with E-state index < -0.39 is 11.9 Å². The zero-order chi connectivity index (χ0) is 29.6. The van der Waals surface area contributed by atoms with Gasteiger partial charge >= 0.3 is 6.18 Å². The second-order valence-corrected chi connectivity index (χ2v) is 8.86. The molecule has 0 aliphatic carbocycles. The van der Waals surface area contributed by atoms with Crippen molar-refractivity contribution in [2.45, 2.75) is 33.9 Å². The standard InChI is InChI=1S/C28H29F3N6O3/c1-16(2)8-24(20-10-19(14-32)27(40-7)33-15-20)26(37-17(3)9-25(36-37)28(29,30)31)35-18(4)34-21-11-22(38-5)13-23(12-21)39-6/h8-13,15H,1-7H3,(H,34,35)/b26-24-. The van der Waals surface area contributed by atoms with Gasteiger partial charge in [-0.2, -0.15) is 23.5 Å². The minimum Gasteiger partial charge on any atom is -0.497 e. The van der Waals surface area contributed by atoms with Crippen molar-refractivity contribution in [3.05, 3.63) is 70.7 Å². The summed E-state index contributed by atoms with van der Waals surface area (Å²) in [4.78, 5) is 8.90. The third kappa shape index (κ3) is 6.99. The Bertz CT molecular complexity index is 1500. The summed E-state index contributed by atoms with van der Waals surface area (Å²) in [7, 11) is 4.42. The summed E-state index contributed by atoms with van der Waals surface area (Å²) in [6.07, 6.45) is -1.47. The van der Waals surface area contributed by atoms with Gasteiger partial charge in [0, 0.05) is 46.9 Å². The Morgan fingerprint density at radius 1 is 1.02 bits per heavy atom. The quantitative estimate of drug-likeness (QED) is 0.197. The number of nitrogens with one attached hydrogen (secondary N) is 1. The number of allylic oxidation sites excluding steroid dienone is 3. The fraction of sp³-hybridized carbons (Fsp3) is 0.286. The van der Waals surface area contributed by atoms with Crippen molar-refractivity contribution < 1.29 is 27.4 Å². The van der Waals surface area contributed by atoms with E-state index in [-0.39, 0.29) is 23.0 Å². The molecular weight excluding hydrogens is 525 g/mol. The molecule has 12 heteroatoms. The summed E-state index contributed by atoms with van der Waals surface area (Å²) < 4.78 is 57.8. The summed E-state index contributed by atoms with van der Waals surface area (Å²) in [6.45, 7) is 6.81. The highest BCUT2D eigenvalue weighted by atomic mass is 19.4. The molecule has 0 amide bonds. The number of rotatable bonds is 8. The zero-order valence-electron chi connectivity index (χ0n) is 23.1. The van der Waals surface area contributed by atoms with Crippen LogP contribution >= 0.6 is 0 Å². The van der Waals surface area contributed by atoms with Crippen molar-refractivity contribution in [3.8, 4) is 23.4 Å². The van der Waals surface area contributed by atoms with E-state index in [0.717, 1.165) is 16.3 Å². The highest BCUT2D eigenvalue weighted by Gasteiger charge is 2.35. The van der Waals surface area contributed by atoms with Crippen LogP contribution in [0, 0.1) is 18.3 Å². The number of nitriles is 1. The maximum atomic E-state index is 13.6. The van der Waals surface area contributed by atoms with Gasteiger partial charge in [0.25, 0.3) is 0 Å². The number of pyridine rings is 1. The SMILES string of the molecule is COc1cc(N/C(C)=N/C(=C(\C=C(C)C)c2cnc(OC)c(C#N)c2)n2nc(C(F)(F)F)cc2C)cc(OC)c1. The van der Waals surface area contributed by atoms with Gasteiger partial charge in [-0.1, -0.05) is 11.6 Å². The Kier molecular flexibility index (Phi) is 9.21.